The Morgan fingerprint density at radius 3 is 2.08 bits per heavy atom. The van der Waals surface area contributed by atoms with Crippen molar-refractivity contribution in [3.05, 3.63) is 129 Å². The van der Waals surface area contributed by atoms with Gasteiger partial charge in [0.15, 0.2) is 0 Å². The number of hydrogen-bond donors (Lipinski definition) is 2. The average molecular weight is 819 g/mol. The molecule has 12 nitrogen and oxygen atoms in total. The summed E-state index contributed by atoms with van der Waals surface area (Å²) in [5.41, 5.74) is 9.10. The number of nitrogens with one attached hydrogen (secondary N) is 1. The lowest BCUT2D eigenvalue weighted by Crippen LogP contribution is -2.54. The summed E-state index contributed by atoms with van der Waals surface area (Å²) >= 11 is 0. The van der Waals surface area contributed by atoms with Crippen LogP contribution in [0.15, 0.2) is 84.9 Å². The molecule has 1 radical (unpaired) electrons. The molecule has 1 unspecified atom stereocenters. The average Bonchev–Trinajstić information content (AvgIpc) is 3.78. The van der Waals surface area contributed by atoms with E-state index in [2.05, 4.69) is 81.8 Å². The highest BCUT2D eigenvalue weighted by Gasteiger charge is 2.46. The van der Waals surface area contributed by atoms with Crippen molar-refractivity contribution in [2.24, 2.45) is 5.41 Å². The normalized spacial score (nSPS) is 23.4. The topological polar surface area (TPSA) is 140 Å². The number of anilines is 1. The largest absolute Gasteiger partial charge is 0.569 e. The number of likely N-dealkylation sites (tertiary alicyclic amines) is 1. The number of imide groups is 2. The summed E-state index contributed by atoms with van der Waals surface area (Å²) in [4.78, 5) is 72.0. The van der Waals surface area contributed by atoms with Crippen LogP contribution in [0.4, 0.5) is 5.69 Å². The molecule has 311 valence electrons. The summed E-state index contributed by atoms with van der Waals surface area (Å²) in [5.74, 6) is -0.722. The van der Waals surface area contributed by atoms with Crippen molar-refractivity contribution >= 4 is 42.9 Å². The maximum atomic E-state index is 13.6. The number of amides is 5. The van der Waals surface area contributed by atoms with Crippen LogP contribution in [0, 0.1) is 5.41 Å². The van der Waals surface area contributed by atoms with E-state index in [0.717, 1.165) is 88.4 Å². The molecular formula is C48H49BN5O7. The lowest BCUT2D eigenvalue weighted by atomic mass is 9.69. The highest BCUT2D eigenvalue weighted by Crippen LogP contribution is 2.48. The van der Waals surface area contributed by atoms with Crippen LogP contribution in [0.3, 0.4) is 0 Å². The fraction of sp³-hybridized carbons (Fsp3) is 0.396. The Bertz CT molecular complexity index is 2360. The molecule has 1 spiro atoms. The Hall–Kier alpha value is -5.79. The van der Waals surface area contributed by atoms with Gasteiger partial charge in [0.05, 0.1) is 17.7 Å². The molecule has 3 atom stereocenters. The summed E-state index contributed by atoms with van der Waals surface area (Å²) in [7, 11) is 0.740. The number of rotatable bonds is 8. The quantitative estimate of drug-likeness (QED) is 0.184. The van der Waals surface area contributed by atoms with Crippen molar-refractivity contribution in [2.45, 2.75) is 82.3 Å². The molecule has 0 bridgehead atoms. The van der Waals surface area contributed by atoms with Crippen LogP contribution in [0.2, 0.25) is 0 Å². The minimum Gasteiger partial charge on any atom is -0.537 e. The summed E-state index contributed by atoms with van der Waals surface area (Å²) in [5, 5.41) is 11.5. The maximum absolute atomic E-state index is 13.6. The number of hydrogen-bond acceptors (Lipinski definition) is 9. The second kappa shape index (κ2) is 15.9. The number of carbonyl (C=O) groups excluding carboxylic acids is 5. The van der Waals surface area contributed by atoms with Gasteiger partial charge in [-0.05, 0) is 126 Å². The molecule has 6 aliphatic rings. The fourth-order valence-corrected chi connectivity index (χ4v) is 11.1. The summed E-state index contributed by atoms with van der Waals surface area (Å²) < 4.78 is 5.31. The molecule has 0 aromatic heterocycles. The number of aryl methyl sites for hydroxylation is 1. The van der Waals surface area contributed by atoms with Gasteiger partial charge in [-0.2, -0.15) is 0 Å². The number of nitrogens with zero attached hydrogens (tertiary/aromatic N) is 4. The standard InChI is InChI=1S/C48H49BN5O7/c55-42-15-14-41(45(57)50-42)54-46(58)39-25-33-27-51(28-34(33)26-40(39)47(54)59)29-43(56)53-22-18-48(19-23-53)16-20-52(21-17-48)35-9-6-31(7-10-35)44-37(30-4-2-1-3-5-30)12-8-32-24-36(61-49-60)11-13-38(32)44/h1-7,9-11,13,24-26,37,41,44,60H,8,12,14-23,27-29H2,(H,50,55,57)/t37-,41?,44+/m1/s1. The van der Waals surface area contributed by atoms with Crippen LogP contribution in [-0.4, -0.2) is 95.7 Å². The van der Waals surface area contributed by atoms with E-state index in [0.29, 0.717) is 24.8 Å². The molecule has 1 aliphatic carbocycles. The Balaban J connectivity index is 0.734. The molecule has 3 saturated heterocycles. The van der Waals surface area contributed by atoms with Crippen LogP contribution >= 0.6 is 0 Å². The summed E-state index contributed by atoms with van der Waals surface area (Å²) in [6.07, 6.45) is 6.38. The molecule has 0 saturated carbocycles. The third-order valence-electron chi connectivity index (χ3n) is 14.5. The molecule has 13 heteroatoms. The van der Waals surface area contributed by atoms with Crippen LogP contribution in [-0.2, 0) is 33.9 Å². The molecular weight excluding hydrogens is 769 g/mol. The van der Waals surface area contributed by atoms with Gasteiger partial charge in [0.1, 0.15) is 11.8 Å². The number of carbonyl (C=O) groups is 5. The van der Waals surface area contributed by atoms with Crippen LogP contribution in [0.5, 0.6) is 5.75 Å². The van der Waals surface area contributed by atoms with Crippen molar-refractivity contribution in [3.63, 3.8) is 0 Å². The minimum absolute atomic E-state index is 0.0787. The van der Waals surface area contributed by atoms with E-state index in [1.54, 1.807) is 12.1 Å². The molecule has 5 aliphatic heterocycles. The second-order valence-electron chi connectivity index (χ2n) is 17.8. The SMILES string of the molecule is O=C1CCC(N2C(=O)c3cc4c(cc3C2=O)CN(CC(=O)N2CCC3(CC2)CCN(c2ccc([C@@H]5c6ccc(O[B]O)cc6CC[C@@H]5c5ccccc5)cc2)CC3)C4)C(=O)N1. The van der Waals surface area contributed by atoms with Gasteiger partial charge in [-0.3, -0.25) is 39.1 Å². The van der Waals surface area contributed by atoms with E-state index in [4.69, 9.17) is 4.65 Å². The van der Waals surface area contributed by atoms with E-state index in [1.807, 2.05) is 11.0 Å². The first-order valence-corrected chi connectivity index (χ1v) is 21.7. The lowest BCUT2D eigenvalue weighted by Gasteiger charge is -2.47. The third-order valence-corrected chi connectivity index (χ3v) is 14.5. The van der Waals surface area contributed by atoms with Crippen molar-refractivity contribution in [2.75, 3.05) is 37.6 Å². The van der Waals surface area contributed by atoms with E-state index < -0.39 is 29.7 Å². The molecule has 10 rings (SSSR count). The van der Waals surface area contributed by atoms with Crippen molar-refractivity contribution < 1.29 is 33.7 Å². The van der Waals surface area contributed by atoms with Crippen LogP contribution in [0.25, 0.3) is 0 Å². The highest BCUT2D eigenvalue weighted by molar-refractivity contribution is 6.23. The predicted molar refractivity (Wildman–Crippen MR) is 228 cm³/mol. The first kappa shape index (κ1) is 39.4. The Morgan fingerprint density at radius 2 is 1.43 bits per heavy atom. The Morgan fingerprint density at radius 1 is 0.754 bits per heavy atom. The zero-order valence-corrected chi connectivity index (χ0v) is 34.2. The Labute approximate surface area is 356 Å². The predicted octanol–water partition coefficient (Wildman–Crippen LogP) is 5.08. The highest BCUT2D eigenvalue weighted by atomic mass is 16.5. The first-order chi connectivity index (χ1) is 29.7. The lowest BCUT2D eigenvalue weighted by molar-refractivity contribution is -0.137. The van der Waals surface area contributed by atoms with Gasteiger partial charge in [-0.1, -0.05) is 48.5 Å². The van der Waals surface area contributed by atoms with Gasteiger partial charge >= 0.3 is 7.69 Å². The molecule has 5 amide bonds. The molecule has 4 aromatic carbocycles. The van der Waals surface area contributed by atoms with Crippen LogP contribution in [0.1, 0.15) is 111 Å². The summed E-state index contributed by atoms with van der Waals surface area (Å²) in [6, 6.07) is 28.7. The molecule has 2 N–H and O–H groups in total. The number of benzene rings is 4. The molecule has 4 aromatic rings. The van der Waals surface area contributed by atoms with Gasteiger partial charge in [0.2, 0.25) is 17.7 Å². The van der Waals surface area contributed by atoms with Crippen molar-refractivity contribution in [3.8, 4) is 5.75 Å². The van der Waals surface area contributed by atoms with E-state index in [9.17, 15) is 29.0 Å². The maximum Gasteiger partial charge on any atom is 0.569 e. The fourth-order valence-electron chi connectivity index (χ4n) is 11.1. The van der Waals surface area contributed by atoms with Gasteiger partial charge in [-0.25, -0.2) is 0 Å². The monoisotopic (exact) mass is 818 g/mol. The molecule has 61 heavy (non-hydrogen) atoms. The van der Waals surface area contributed by atoms with Gasteiger partial charge in [0, 0.05) is 57.3 Å². The minimum atomic E-state index is -0.993. The van der Waals surface area contributed by atoms with Gasteiger partial charge in [-0.15, -0.1) is 0 Å². The van der Waals surface area contributed by atoms with Crippen molar-refractivity contribution in [1.29, 1.82) is 0 Å². The van der Waals surface area contributed by atoms with Crippen LogP contribution < -0.4 is 14.9 Å². The van der Waals surface area contributed by atoms with Crippen molar-refractivity contribution in [1.82, 2.24) is 20.0 Å². The third kappa shape index (κ3) is 7.31. The summed E-state index contributed by atoms with van der Waals surface area (Å²) in [6.45, 7) is 4.76. The first-order valence-electron chi connectivity index (χ1n) is 21.7. The smallest absolute Gasteiger partial charge is 0.537 e. The zero-order valence-electron chi connectivity index (χ0n) is 34.2. The van der Waals surface area contributed by atoms with E-state index in [1.165, 1.54) is 27.9 Å². The van der Waals surface area contributed by atoms with Gasteiger partial charge < -0.3 is 19.5 Å². The van der Waals surface area contributed by atoms with E-state index >= 15 is 0 Å². The number of piperidine rings is 3. The van der Waals surface area contributed by atoms with E-state index in [-0.39, 0.29) is 47.8 Å². The molecule has 3 fully saturated rings. The Kier molecular flexibility index (Phi) is 10.3. The molecule has 5 heterocycles. The van der Waals surface area contributed by atoms with Gasteiger partial charge in [0.25, 0.3) is 11.8 Å². The number of fused-ring (bicyclic) bond motifs is 3. The second-order valence-corrected chi connectivity index (χ2v) is 17.8. The zero-order chi connectivity index (χ0) is 41.8.